The highest BCUT2D eigenvalue weighted by molar-refractivity contribution is 6.33. The van der Waals surface area contributed by atoms with Gasteiger partial charge in [0.05, 0.1) is 10.7 Å². The van der Waals surface area contributed by atoms with E-state index in [1.165, 1.54) is 0 Å². The molecule has 6 heteroatoms. The van der Waals surface area contributed by atoms with Crippen LogP contribution in [0.5, 0.6) is 0 Å². The summed E-state index contributed by atoms with van der Waals surface area (Å²) in [4.78, 5) is 26.8. The highest BCUT2D eigenvalue weighted by Gasteiger charge is 2.23. The quantitative estimate of drug-likeness (QED) is 0.783. The first-order valence-corrected chi connectivity index (χ1v) is 8.50. The largest absolute Gasteiger partial charge is 0.445 e. The van der Waals surface area contributed by atoms with Crippen molar-refractivity contribution in [2.45, 2.75) is 6.61 Å². The van der Waals surface area contributed by atoms with Crippen molar-refractivity contribution in [1.29, 1.82) is 0 Å². The molecular formula is C19H19ClN2O3. The predicted molar refractivity (Wildman–Crippen MR) is 97.3 cm³/mol. The zero-order chi connectivity index (χ0) is 17.6. The average Bonchev–Trinajstić information content (AvgIpc) is 2.67. The second-order valence-corrected chi connectivity index (χ2v) is 6.25. The van der Waals surface area contributed by atoms with Crippen molar-refractivity contribution in [3.8, 4) is 0 Å². The van der Waals surface area contributed by atoms with Crippen LogP contribution in [-0.4, -0.2) is 43.5 Å². The van der Waals surface area contributed by atoms with Gasteiger partial charge >= 0.3 is 6.09 Å². The molecule has 1 aliphatic heterocycles. The molecule has 0 unspecified atom stereocenters. The second-order valence-electron chi connectivity index (χ2n) is 5.84. The predicted octanol–water partition coefficient (Wildman–Crippen LogP) is 3.61. The zero-order valence-corrected chi connectivity index (χ0v) is 14.5. The Labute approximate surface area is 151 Å². The van der Waals surface area contributed by atoms with Crippen LogP contribution in [0.15, 0.2) is 48.5 Å². The molecule has 1 heterocycles. The molecule has 25 heavy (non-hydrogen) atoms. The third kappa shape index (κ3) is 4.31. The number of carbonyl (C=O) groups is 2. The van der Waals surface area contributed by atoms with Gasteiger partial charge < -0.3 is 14.5 Å². The maximum Gasteiger partial charge on any atom is 0.410 e. The molecule has 0 bridgehead atoms. The summed E-state index contributed by atoms with van der Waals surface area (Å²) in [7, 11) is 0. The van der Waals surface area contributed by atoms with Gasteiger partial charge in [0, 0.05) is 31.7 Å². The van der Waals surface area contributed by atoms with E-state index in [1.54, 1.807) is 17.0 Å². The van der Waals surface area contributed by atoms with Crippen LogP contribution in [-0.2, 0) is 11.3 Å². The molecule has 5 nitrogen and oxygen atoms in total. The van der Waals surface area contributed by atoms with Crippen LogP contribution in [0.1, 0.15) is 15.9 Å². The number of hydrogen-bond donors (Lipinski definition) is 0. The maximum absolute atomic E-state index is 12.2. The lowest BCUT2D eigenvalue weighted by Crippen LogP contribution is -2.49. The number of hydrogen-bond acceptors (Lipinski definition) is 4. The summed E-state index contributed by atoms with van der Waals surface area (Å²) in [6.07, 6.45) is 0.474. The van der Waals surface area contributed by atoms with Gasteiger partial charge in [-0.2, -0.15) is 0 Å². The highest BCUT2D eigenvalue weighted by atomic mass is 35.5. The SMILES string of the molecule is O=Cc1ccc(N2CCN(C(=O)OCc3ccccc3)CC2)c(Cl)c1. The molecule has 1 amide bonds. The minimum absolute atomic E-state index is 0.277. The molecule has 3 rings (SSSR count). The molecule has 0 radical (unpaired) electrons. The first kappa shape index (κ1) is 17.3. The van der Waals surface area contributed by atoms with Gasteiger partial charge in [0.2, 0.25) is 0 Å². The van der Waals surface area contributed by atoms with Gasteiger partial charge in [0.25, 0.3) is 0 Å². The minimum atomic E-state index is -0.300. The van der Waals surface area contributed by atoms with Crippen LogP contribution < -0.4 is 4.90 Å². The monoisotopic (exact) mass is 358 g/mol. The zero-order valence-electron chi connectivity index (χ0n) is 13.7. The Morgan fingerprint density at radius 1 is 1.08 bits per heavy atom. The van der Waals surface area contributed by atoms with Crippen LogP contribution in [0.4, 0.5) is 10.5 Å². The van der Waals surface area contributed by atoms with Crippen LogP contribution in [0.25, 0.3) is 0 Å². The number of benzene rings is 2. The molecule has 1 aliphatic rings. The molecule has 130 valence electrons. The van der Waals surface area contributed by atoms with E-state index in [1.807, 2.05) is 36.4 Å². The van der Waals surface area contributed by atoms with E-state index in [0.717, 1.165) is 17.5 Å². The van der Waals surface area contributed by atoms with Gasteiger partial charge in [-0.1, -0.05) is 41.9 Å². The van der Waals surface area contributed by atoms with E-state index in [-0.39, 0.29) is 12.7 Å². The smallest absolute Gasteiger partial charge is 0.410 e. The number of halogens is 1. The van der Waals surface area contributed by atoms with Crippen LogP contribution in [0, 0.1) is 0 Å². The van der Waals surface area contributed by atoms with Crippen molar-refractivity contribution in [2.75, 3.05) is 31.1 Å². The molecule has 1 saturated heterocycles. The standard InChI is InChI=1S/C19H19ClN2O3/c20-17-12-16(13-23)6-7-18(17)21-8-10-22(11-9-21)19(24)25-14-15-4-2-1-3-5-15/h1-7,12-13H,8-11,14H2. The first-order valence-electron chi connectivity index (χ1n) is 8.12. The van der Waals surface area contributed by atoms with E-state index < -0.39 is 0 Å². The van der Waals surface area contributed by atoms with E-state index >= 15 is 0 Å². The lowest BCUT2D eigenvalue weighted by atomic mass is 10.2. The molecule has 1 fully saturated rings. The Morgan fingerprint density at radius 3 is 2.44 bits per heavy atom. The number of carbonyl (C=O) groups excluding carboxylic acids is 2. The fourth-order valence-electron chi connectivity index (χ4n) is 2.79. The third-order valence-corrected chi connectivity index (χ3v) is 4.49. The van der Waals surface area contributed by atoms with Gasteiger partial charge in [0.1, 0.15) is 12.9 Å². The molecule has 0 spiro atoms. The van der Waals surface area contributed by atoms with Gasteiger partial charge in [-0.15, -0.1) is 0 Å². The van der Waals surface area contributed by atoms with E-state index in [4.69, 9.17) is 16.3 Å². The Kier molecular flexibility index (Phi) is 5.56. The topological polar surface area (TPSA) is 49.9 Å². The van der Waals surface area contributed by atoms with Crippen molar-refractivity contribution in [2.24, 2.45) is 0 Å². The molecule has 0 saturated carbocycles. The van der Waals surface area contributed by atoms with Crippen molar-refractivity contribution >= 4 is 29.7 Å². The average molecular weight is 359 g/mol. The number of aldehydes is 1. The van der Waals surface area contributed by atoms with E-state index in [2.05, 4.69) is 4.90 Å². The number of anilines is 1. The number of amides is 1. The molecule has 0 aliphatic carbocycles. The van der Waals surface area contributed by atoms with Gasteiger partial charge in [-0.25, -0.2) is 4.79 Å². The number of nitrogens with zero attached hydrogens (tertiary/aromatic N) is 2. The summed E-state index contributed by atoms with van der Waals surface area (Å²) >= 11 is 6.25. The summed E-state index contributed by atoms with van der Waals surface area (Å²) in [5.41, 5.74) is 2.40. The van der Waals surface area contributed by atoms with Gasteiger partial charge in [-0.3, -0.25) is 4.79 Å². The Bertz CT molecular complexity index is 744. The fourth-order valence-corrected chi connectivity index (χ4v) is 3.10. The fraction of sp³-hybridized carbons (Fsp3) is 0.263. The number of piperazine rings is 1. The molecule has 0 atom stereocenters. The Morgan fingerprint density at radius 2 is 1.80 bits per heavy atom. The Hall–Kier alpha value is -2.53. The maximum atomic E-state index is 12.2. The van der Waals surface area contributed by atoms with Gasteiger partial charge in [0.15, 0.2) is 0 Å². The van der Waals surface area contributed by atoms with Gasteiger partial charge in [-0.05, 0) is 23.8 Å². The third-order valence-electron chi connectivity index (χ3n) is 4.19. The lowest BCUT2D eigenvalue weighted by molar-refractivity contribution is 0.0941. The van der Waals surface area contributed by atoms with E-state index in [9.17, 15) is 9.59 Å². The van der Waals surface area contributed by atoms with Crippen molar-refractivity contribution in [1.82, 2.24) is 4.90 Å². The highest BCUT2D eigenvalue weighted by Crippen LogP contribution is 2.27. The molecule has 2 aromatic rings. The number of ether oxygens (including phenoxy) is 1. The van der Waals surface area contributed by atoms with E-state index in [0.29, 0.717) is 36.8 Å². The van der Waals surface area contributed by atoms with Crippen LogP contribution in [0.2, 0.25) is 5.02 Å². The normalized spacial score (nSPS) is 14.3. The van der Waals surface area contributed by atoms with Crippen LogP contribution in [0.3, 0.4) is 0 Å². The second kappa shape index (κ2) is 8.03. The summed E-state index contributed by atoms with van der Waals surface area (Å²) in [6, 6.07) is 14.9. The summed E-state index contributed by atoms with van der Waals surface area (Å²) < 4.78 is 5.37. The molecule has 0 aromatic heterocycles. The number of rotatable bonds is 4. The summed E-state index contributed by atoms with van der Waals surface area (Å²) in [6.45, 7) is 2.75. The lowest BCUT2D eigenvalue weighted by Gasteiger charge is -2.35. The first-order chi connectivity index (χ1) is 12.2. The van der Waals surface area contributed by atoms with Crippen molar-refractivity contribution < 1.29 is 14.3 Å². The Balaban J connectivity index is 1.53. The molecule has 2 aromatic carbocycles. The molecular weight excluding hydrogens is 340 g/mol. The van der Waals surface area contributed by atoms with Crippen molar-refractivity contribution in [3.05, 3.63) is 64.7 Å². The summed E-state index contributed by atoms with van der Waals surface area (Å²) in [5.74, 6) is 0. The summed E-state index contributed by atoms with van der Waals surface area (Å²) in [5, 5.41) is 0.546. The van der Waals surface area contributed by atoms with Crippen LogP contribution >= 0.6 is 11.6 Å². The molecule has 0 N–H and O–H groups in total. The minimum Gasteiger partial charge on any atom is -0.445 e. The van der Waals surface area contributed by atoms with Crippen molar-refractivity contribution in [3.63, 3.8) is 0 Å².